The molecule has 0 atom stereocenters. The van der Waals surface area contributed by atoms with E-state index < -0.39 is 0 Å². The highest BCUT2D eigenvalue weighted by atomic mass is 16.2. The lowest BCUT2D eigenvalue weighted by Gasteiger charge is -2.09. The van der Waals surface area contributed by atoms with Gasteiger partial charge in [0.25, 0.3) is 0 Å². The Kier molecular flexibility index (Phi) is 4.02. The molecule has 0 unspecified atom stereocenters. The maximum atomic E-state index is 12.2. The summed E-state index contributed by atoms with van der Waals surface area (Å²) in [4.78, 5) is 27.9. The van der Waals surface area contributed by atoms with E-state index in [2.05, 4.69) is 20.0 Å². The van der Waals surface area contributed by atoms with Crippen molar-refractivity contribution in [2.24, 2.45) is 0 Å². The van der Waals surface area contributed by atoms with Crippen LogP contribution in [0.4, 0.5) is 0 Å². The molecular weight excluding hydrogens is 294 g/mol. The molecule has 7 heteroatoms. The number of rotatable bonds is 6. The molecule has 1 fully saturated rings. The normalized spacial score (nSPS) is 14.0. The Hall–Kier alpha value is -2.44. The second-order valence-corrected chi connectivity index (χ2v) is 6.06. The standard InChI is InChI=1S/C16H21N5O2/c1-10-16(12(3)22)11(2)21(19-10)8-15(23)18-7-14-6-17-9-20(14)13-4-5-13/h6,9,13H,4-5,7-8H2,1-3H3,(H,18,23). The molecule has 2 heterocycles. The van der Waals surface area contributed by atoms with Crippen LogP contribution < -0.4 is 5.32 Å². The summed E-state index contributed by atoms with van der Waals surface area (Å²) in [7, 11) is 0. The highest BCUT2D eigenvalue weighted by Gasteiger charge is 2.25. The van der Waals surface area contributed by atoms with Gasteiger partial charge in [0.1, 0.15) is 6.54 Å². The highest BCUT2D eigenvalue weighted by molar-refractivity contribution is 5.96. The highest BCUT2D eigenvalue weighted by Crippen LogP contribution is 2.35. The SMILES string of the molecule is CC(=O)c1c(C)nn(CC(=O)NCc2cncn2C2CC2)c1C. The van der Waals surface area contributed by atoms with Crippen molar-refractivity contribution in [3.8, 4) is 0 Å². The lowest BCUT2D eigenvalue weighted by Crippen LogP contribution is -2.28. The summed E-state index contributed by atoms with van der Waals surface area (Å²) >= 11 is 0. The van der Waals surface area contributed by atoms with Crippen LogP contribution in [0.3, 0.4) is 0 Å². The molecule has 1 aliphatic carbocycles. The van der Waals surface area contributed by atoms with Gasteiger partial charge in [-0.1, -0.05) is 0 Å². The molecule has 1 saturated carbocycles. The lowest BCUT2D eigenvalue weighted by atomic mass is 10.1. The zero-order valence-corrected chi connectivity index (χ0v) is 13.7. The van der Waals surface area contributed by atoms with Gasteiger partial charge in [-0.05, 0) is 33.6 Å². The van der Waals surface area contributed by atoms with Gasteiger partial charge in [0.05, 0.1) is 29.8 Å². The minimum Gasteiger partial charge on any atom is -0.349 e. The number of carbonyl (C=O) groups is 2. The second kappa shape index (κ2) is 5.98. The monoisotopic (exact) mass is 315 g/mol. The maximum absolute atomic E-state index is 12.2. The molecule has 2 aromatic heterocycles. The number of hydrogen-bond acceptors (Lipinski definition) is 4. The van der Waals surface area contributed by atoms with Crippen molar-refractivity contribution < 1.29 is 9.59 Å². The van der Waals surface area contributed by atoms with Crippen molar-refractivity contribution in [2.45, 2.75) is 52.7 Å². The zero-order chi connectivity index (χ0) is 16.6. The first-order chi connectivity index (χ1) is 11.0. The Bertz CT molecular complexity index is 755. The molecule has 0 spiro atoms. The largest absolute Gasteiger partial charge is 0.349 e. The molecule has 23 heavy (non-hydrogen) atoms. The van der Waals surface area contributed by atoms with Crippen molar-refractivity contribution >= 4 is 11.7 Å². The molecule has 0 saturated heterocycles. The third kappa shape index (κ3) is 3.18. The number of aryl methyl sites for hydroxylation is 1. The van der Waals surface area contributed by atoms with E-state index in [9.17, 15) is 9.59 Å². The number of hydrogen-bond donors (Lipinski definition) is 1. The van der Waals surface area contributed by atoms with Crippen LogP contribution in [0.1, 0.15) is 53.2 Å². The van der Waals surface area contributed by atoms with Crippen molar-refractivity contribution in [3.63, 3.8) is 0 Å². The minimum atomic E-state index is -0.130. The van der Waals surface area contributed by atoms with Crippen LogP contribution in [0.5, 0.6) is 0 Å². The van der Waals surface area contributed by atoms with Gasteiger partial charge in [0.2, 0.25) is 5.91 Å². The predicted octanol–water partition coefficient (Wildman–Crippen LogP) is 1.55. The fraction of sp³-hybridized carbons (Fsp3) is 0.500. The van der Waals surface area contributed by atoms with Crippen LogP contribution in [0.2, 0.25) is 0 Å². The quantitative estimate of drug-likeness (QED) is 0.820. The molecule has 1 N–H and O–H groups in total. The van der Waals surface area contributed by atoms with E-state index in [1.165, 1.54) is 19.8 Å². The maximum Gasteiger partial charge on any atom is 0.242 e. The molecule has 122 valence electrons. The van der Waals surface area contributed by atoms with Crippen molar-refractivity contribution in [1.29, 1.82) is 0 Å². The lowest BCUT2D eigenvalue weighted by molar-refractivity contribution is -0.122. The van der Waals surface area contributed by atoms with Crippen LogP contribution in [0.25, 0.3) is 0 Å². The van der Waals surface area contributed by atoms with Gasteiger partial charge in [0.15, 0.2) is 5.78 Å². The van der Waals surface area contributed by atoms with E-state index in [-0.39, 0.29) is 18.2 Å². The average Bonchev–Trinajstić information content (AvgIpc) is 3.15. The van der Waals surface area contributed by atoms with Crippen LogP contribution in [0, 0.1) is 13.8 Å². The summed E-state index contributed by atoms with van der Waals surface area (Å²) in [5.41, 5.74) is 3.01. The van der Waals surface area contributed by atoms with Gasteiger partial charge >= 0.3 is 0 Å². The fourth-order valence-electron chi connectivity index (χ4n) is 2.89. The fourth-order valence-corrected chi connectivity index (χ4v) is 2.89. The van der Waals surface area contributed by atoms with E-state index in [1.54, 1.807) is 17.8 Å². The topological polar surface area (TPSA) is 81.8 Å². The van der Waals surface area contributed by atoms with E-state index in [0.717, 1.165) is 11.4 Å². The molecular formula is C16H21N5O2. The molecule has 3 rings (SSSR count). The Morgan fingerprint density at radius 2 is 2.09 bits per heavy atom. The molecule has 2 aromatic rings. The second-order valence-electron chi connectivity index (χ2n) is 6.06. The first-order valence-electron chi connectivity index (χ1n) is 7.79. The Morgan fingerprint density at radius 3 is 2.70 bits per heavy atom. The summed E-state index contributed by atoms with van der Waals surface area (Å²) in [5, 5.41) is 7.19. The van der Waals surface area contributed by atoms with Crippen molar-refractivity contribution in [1.82, 2.24) is 24.6 Å². The predicted molar refractivity (Wildman–Crippen MR) is 84.1 cm³/mol. The summed E-state index contributed by atoms with van der Waals surface area (Å²) in [6, 6.07) is 0.540. The summed E-state index contributed by atoms with van der Waals surface area (Å²) in [5.74, 6) is -0.158. The van der Waals surface area contributed by atoms with Gasteiger partial charge in [-0.2, -0.15) is 5.10 Å². The number of imidazole rings is 1. The number of nitrogens with one attached hydrogen (secondary N) is 1. The van der Waals surface area contributed by atoms with Gasteiger partial charge in [-0.15, -0.1) is 0 Å². The average molecular weight is 315 g/mol. The number of Topliss-reactive ketones (excluding diaryl/α,β-unsaturated/α-hetero) is 1. The Labute approximate surface area is 134 Å². The van der Waals surface area contributed by atoms with E-state index >= 15 is 0 Å². The van der Waals surface area contributed by atoms with Crippen LogP contribution >= 0.6 is 0 Å². The molecule has 0 bridgehead atoms. The van der Waals surface area contributed by atoms with Gasteiger partial charge < -0.3 is 9.88 Å². The number of aromatic nitrogens is 4. The zero-order valence-electron chi connectivity index (χ0n) is 13.7. The minimum absolute atomic E-state index is 0.0278. The van der Waals surface area contributed by atoms with Crippen LogP contribution in [-0.2, 0) is 17.9 Å². The van der Waals surface area contributed by atoms with E-state index in [0.29, 0.717) is 23.8 Å². The third-order valence-electron chi connectivity index (χ3n) is 4.18. The first kappa shape index (κ1) is 15.5. The van der Waals surface area contributed by atoms with Crippen molar-refractivity contribution in [2.75, 3.05) is 0 Å². The summed E-state index contributed by atoms with van der Waals surface area (Å²) in [6.45, 7) is 5.67. The van der Waals surface area contributed by atoms with Crippen LogP contribution in [0.15, 0.2) is 12.5 Å². The van der Waals surface area contributed by atoms with Gasteiger partial charge in [-0.3, -0.25) is 14.3 Å². The summed E-state index contributed by atoms with van der Waals surface area (Å²) < 4.78 is 3.71. The van der Waals surface area contributed by atoms with Crippen LogP contribution in [-0.4, -0.2) is 31.0 Å². The number of nitrogens with zero attached hydrogens (tertiary/aromatic N) is 4. The van der Waals surface area contributed by atoms with E-state index in [4.69, 9.17) is 0 Å². The molecule has 1 amide bonds. The number of amides is 1. The molecule has 0 aliphatic heterocycles. The summed E-state index contributed by atoms with van der Waals surface area (Å²) in [6.07, 6.45) is 5.96. The molecule has 0 radical (unpaired) electrons. The Morgan fingerprint density at radius 1 is 1.35 bits per heavy atom. The first-order valence-corrected chi connectivity index (χ1v) is 7.79. The molecule has 0 aromatic carbocycles. The smallest absolute Gasteiger partial charge is 0.242 e. The number of ketones is 1. The van der Waals surface area contributed by atoms with Gasteiger partial charge in [-0.25, -0.2) is 4.98 Å². The third-order valence-corrected chi connectivity index (χ3v) is 4.18. The molecule has 1 aliphatic rings. The molecule has 7 nitrogen and oxygen atoms in total. The van der Waals surface area contributed by atoms with E-state index in [1.807, 2.05) is 13.3 Å². The van der Waals surface area contributed by atoms with Gasteiger partial charge in [0, 0.05) is 17.9 Å². The Balaban J connectivity index is 1.62. The number of carbonyl (C=O) groups excluding carboxylic acids is 2. The van der Waals surface area contributed by atoms with Crippen molar-refractivity contribution in [3.05, 3.63) is 35.2 Å².